The molecule has 0 spiro atoms. The number of amides is 1. The van der Waals surface area contributed by atoms with E-state index in [2.05, 4.69) is 4.98 Å². The van der Waals surface area contributed by atoms with E-state index in [0.717, 1.165) is 24.4 Å². The van der Waals surface area contributed by atoms with E-state index in [-0.39, 0.29) is 5.91 Å². The maximum atomic E-state index is 12.9. The van der Waals surface area contributed by atoms with Crippen LogP contribution >= 0.6 is 11.3 Å². The van der Waals surface area contributed by atoms with Gasteiger partial charge in [-0.1, -0.05) is 0 Å². The first-order valence-corrected chi connectivity index (χ1v) is 8.79. The fourth-order valence-electron chi connectivity index (χ4n) is 3.24. The Kier molecular flexibility index (Phi) is 3.72. The number of piperidine rings is 1. The molecule has 1 amide bonds. The van der Waals surface area contributed by atoms with Crippen LogP contribution in [0.4, 0.5) is 0 Å². The van der Waals surface area contributed by atoms with Gasteiger partial charge in [-0.3, -0.25) is 9.36 Å². The van der Waals surface area contributed by atoms with Crippen molar-refractivity contribution in [1.29, 1.82) is 0 Å². The summed E-state index contributed by atoms with van der Waals surface area (Å²) in [6.07, 6.45) is 3.85. The quantitative estimate of drug-likeness (QED) is 0.717. The summed E-state index contributed by atoms with van der Waals surface area (Å²) in [6, 6.07) is 5.14. The minimum Gasteiger partial charge on any atom is -0.408 e. The molecule has 1 unspecified atom stereocenters. The monoisotopic (exact) mass is 343 g/mol. The third kappa shape index (κ3) is 2.54. The minimum atomic E-state index is -0.420. The molecule has 24 heavy (non-hydrogen) atoms. The summed E-state index contributed by atoms with van der Waals surface area (Å²) >= 11 is 1.65. The minimum absolute atomic E-state index is 0.00759. The summed E-state index contributed by atoms with van der Waals surface area (Å²) in [5.74, 6) is -0.118. The van der Waals surface area contributed by atoms with Gasteiger partial charge in [-0.25, -0.2) is 9.78 Å². The van der Waals surface area contributed by atoms with E-state index in [4.69, 9.17) is 4.42 Å². The molecular weight excluding hydrogens is 326 g/mol. The molecule has 6 nitrogen and oxygen atoms in total. The molecule has 2 aromatic heterocycles. The third-order valence-electron chi connectivity index (χ3n) is 4.55. The predicted molar refractivity (Wildman–Crippen MR) is 91.4 cm³/mol. The van der Waals surface area contributed by atoms with Gasteiger partial charge in [-0.05, 0) is 31.0 Å². The van der Waals surface area contributed by atoms with Gasteiger partial charge in [0.15, 0.2) is 5.58 Å². The number of carbonyl (C=O) groups is 1. The van der Waals surface area contributed by atoms with E-state index < -0.39 is 5.76 Å². The van der Waals surface area contributed by atoms with E-state index in [1.54, 1.807) is 36.6 Å². The molecule has 1 aliphatic rings. The number of likely N-dealkylation sites (tertiary alicyclic amines) is 1. The van der Waals surface area contributed by atoms with Gasteiger partial charge in [0.1, 0.15) is 0 Å². The maximum Gasteiger partial charge on any atom is 0.419 e. The second kappa shape index (κ2) is 5.90. The number of hydrogen-bond acceptors (Lipinski definition) is 5. The molecule has 7 heteroatoms. The van der Waals surface area contributed by atoms with Crippen LogP contribution in [-0.2, 0) is 7.05 Å². The molecule has 3 heterocycles. The number of thiazole rings is 1. The number of fused-ring (bicyclic) bond motifs is 1. The normalized spacial score (nSPS) is 18.2. The van der Waals surface area contributed by atoms with Crippen molar-refractivity contribution in [3.63, 3.8) is 0 Å². The number of aromatic nitrogens is 2. The molecule has 1 saturated heterocycles. The molecule has 1 aliphatic heterocycles. The summed E-state index contributed by atoms with van der Waals surface area (Å²) in [6.45, 7) is 1.44. The van der Waals surface area contributed by atoms with Crippen molar-refractivity contribution in [3.05, 3.63) is 50.9 Å². The Morgan fingerprint density at radius 1 is 1.42 bits per heavy atom. The summed E-state index contributed by atoms with van der Waals surface area (Å²) in [5.41, 5.74) is 1.72. The van der Waals surface area contributed by atoms with E-state index >= 15 is 0 Å². The highest BCUT2D eigenvalue weighted by Gasteiger charge is 2.27. The van der Waals surface area contributed by atoms with E-state index in [9.17, 15) is 9.59 Å². The van der Waals surface area contributed by atoms with Gasteiger partial charge in [0.2, 0.25) is 0 Å². The van der Waals surface area contributed by atoms with Gasteiger partial charge in [-0.2, -0.15) is 0 Å². The van der Waals surface area contributed by atoms with Crippen molar-refractivity contribution in [3.8, 4) is 0 Å². The lowest BCUT2D eigenvalue weighted by atomic mass is 9.98. The highest BCUT2D eigenvalue weighted by atomic mass is 32.1. The summed E-state index contributed by atoms with van der Waals surface area (Å²) in [7, 11) is 1.64. The second-order valence-electron chi connectivity index (χ2n) is 6.07. The first kappa shape index (κ1) is 15.1. The fourth-order valence-corrected chi connectivity index (χ4v) is 4.01. The first-order chi connectivity index (χ1) is 11.6. The molecule has 3 aromatic rings. The van der Waals surface area contributed by atoms with Crippen LogP contribution in [-0.4, -0.2) is 33.4 Å². The van der Waals surface area contributed by atoms with Crippen molar-refractivity contribution in [2.45, 2.75) is 18.8 Å². The first-order valence-electron chi connectivity index (χ1n) is 7.92. The number of hydrogen-bond donors (Lipinski definition) is 0. The van der Waals surface area contributed by atoms with Crippen molar-refractivity contribution in [2.24, 2.45) is 7.05 Å². The lowest BCUT2D eigenvalue weighted by molar-refractivity contribution is 0.0707. The van der Waals surface area contributed by atoms with Crippen LogP contribution in [0.5, 0.6) is 0 Å². The van der Waals surface area contributed by atoms with Crippen LogP contribution in [0.25, 0.3) is 11.1 Å². The summed E-state index contributed by atoms with van der Waals surface area (Å²) < 4.78 is 6.54. The Bertz CT molecular complexity index is 942. The number of oxazole rings is 1. The SMILES string of the molecule is Cn1c(=O)oc2ccc(C(=O)N3CCCC(c4nccs4)C3)cc21. The Balaban J connectivity index is 1.61. The van der Waals surface area contributed by atoms with Gasteiger partial charge in [0.05, 0.1) is 10.5 Å². The Morgan fingerprint density at radius 2 is 2.29 bits per heavy atom. The van der Waals surface area contributed by atoms with E-state index in [1.807, 2.05) is 16.5 Å². The zero-order valence-electron chi connectivity index (χ0n) is 13.3. The van der Waals surface area contributed by atoms with Gasteiger partial charge < -0.3 is 9.32 Å². The highest BCUT2D eigenvalue weighted by molar-refractivity contribution is 7.09. The predicted octanol–water partition coefficient (Wildman–Crippen LogP) is 2.61. The standard InChI is InChI=1S/C17H17N3O3S/c1-19-13-9-11(4-5-14(13)23-17(19)22)16(21)20-7-2-3-12(10-20)15-18-6-8-24-15/h4-6,8-9,12H,2-3,7,10H2,1H3. The fraction of sp³-hybridized carbons (Fsp3) is 0.353. The Labute approximate surface area is 142 Å². The molecule has 0 saturated carbocycles. The summed E-state index contributed by atoms with van der Waals surface area (Å²) in [4.78, 5) is 30.7. The molecule has 1 atom stereocenters. The zero-order chi connectivity index (χ0) is 16.7. The highest BCUT2D eigenvalue weighted by Crippen LogP contribution is 2.29. The summed E-state index contributed by atoms with van der Waals surface area (Å²) in [5, 5.41) is 3.07. The smallest absolute Gasteiger partial charge is 0.408 e. The van der Waals surface area contributed by atoms with Gasteiger partial charge in [-0.15, -0.1) is 11.3 Å². The van der Waals surface area contributed by atoms with Crippen LogP contribution in [0, 0.1) is 0 Å². The molecule has 0 radical (unpaired) electrons. The maximum absolute atomic E-state index is 12.9. The Hall–Kier alpha value is -2.41. The van der Waals surface area contributed by atoms with Crippen LogP contribution in [0.3, 0.4) is 0 Å². The average Bonchev–Trinajstić information content (AvgIpc) is 3.24. The molecule has 124 valence electrons. The van der Waals surface area contributed by atoms with Gasteiger partial charge in [0.25, 0.3) is 5.91 Å². The average molecular weight is 343 g/mol. The number of nitrogens with zero attached hydrogens (tertiary/aromatic N) is 3. The van der Waals surface area contributed by atoms with E-state index in [1.165, 1.54) is 4.57 Å². The van der Waals surface area contributed by atoms with Gasteiger partial charge in [0, 0.05) is 43.2 Å². The van der Waals surface area contributed by atoms with Crippen LogP contribution in [0.2, 0.25) is 0 Å². The van der Waals surface area contributed by atoms with Crippen LogP contribution < -0.4 is 5.76 Å². The second-order valence-corrected chi connectivity index (χ2v) is 7.00. The lowest BCUT2D eigenvalue weighted by Crippen LogP contribution is -2.39. The van der Waals surface area contributed by atoms with Crippen LogP contribution in [0.15, 0.2) is 39.0 Å². The number of rotatable bonds is 2. The van der Waals surface area contributed by atoms with Crippen molar-refractivity contribution >= 4 is 28.3 Å². The molecule has 4 rings (SSSR count). The Morgan fingerprint density at radius 3 is 3.08 bits per heavy atom. The molecule has 0 bridgehead atoms. The van der Waals surface area contributed by atoms with Gasteiger partial charge >= 0.3 is 5.76 Å². The molecule has 1 aromatic carbocycles. The molecule has 0 N–H and O–H groups in total. The van der Waals surface area contributed by atoms with Crippen molar-refractivity contribution in [2.75, 3.05) is 13.1 Å². The topological polar surface area (TPSA) is 68.3 Å². The number of benzene rings is 1. The molecule has 1 fully saturated rings. The van der Waals surface area contributed by atoms with E-state index in [0.29, 0.717) is 29.1 Å². The lowest BCUT2D eigenvalue weighted by Gasteiger charge is -2.32. The zero-order valence-corrected chi connectivity index (χ0v) is 14.1. The van der Waals surface area contributed by atoms with Crippen molar-refractivity contribution in [1.82, 2.24) is 14.5 Å². The number of carbonyl (C=O) groups excluding carboxylic acids is 1. The third-order valence-corrected chi connectivity index (χ3v) is 5.49. The van der Waals surface area contributed by atoms with Crippen molar-refractivity contribution < 1.29 is 9.21 Å². The molecule has 0 aliphatic carbocycles. The largest absolute Gasteiger partial charge is 0.419 e. The van der Waals surface area contributed by atoms with Crippen LogP contribution in [0.1, 0.15) is 34.1 Å². The number of aryl methyl sites for hydroxylation is 1. The molecular formula is C17H17N3O3S.